The summed E-state index contributed by atoms with van der Waals surface area (Å²) in [5, 5.41) is 12.6. The number of nitrogens with zero attached hydrogens (tertiary/aromatic N) is 4. The van der Waals surface area contributed by atoms with Crippen LogP contribution in [-0.2, 0) is 11.3 Å². The van der Waals surface area contributed by atoms with E-state index in [4.69, 9.17) is 23.2 Å². The fourth-order valence-corrected chi connectivity index (χ4v) is 4.58. The molecule has 1 aliphatic carbocycles. The summed E-state index contributed by atoms with van der Waals surface area (Å²) in [7, 11) is 0. The lowest BCUT2D eigenvalue weighted by Crippen LogP contribution is -2.23. The Bertz CT molecular complexity index is 851. The SMILES string of the molecule is C=CCn1c(SC(C)C(=O)Nc2ncc(Cl)cc2Cl)nnc1C1CCCCC1. The molecule has 0 radical (unpaired) electrons. The lowest BCUT2D eigenvalue weighted by atomic mass is 9.89. The van der Waals surface area contributed by atoms with Crippen LogP contribution in [0.4, 0.5) is 5.82 Å². The summed E-state index contributed by atoms with van der Waals surface area (Å²) in [6.45, 7) is 6.29. The average molecular weight is 440 g/mol. The molecular weight excluding hydrogens is 417 g/mol. The Hall–Kier alpha value is -1.57. The third-order valence-corrected chi connectivity index (χ3v) is 6.30. The zero-order valence-electron chi connectivity index (χ0n) is 15.7. The minimum atomic E-state index is -0.402. The van der Waals surface area contributed by atoms with Crippen LogP contribution in [0, 0.1) is 0 Å². The molecule has 0 saturated heterocycles. The second-order valence-corrected chi connectivity index (χ2v) is 8.96. The van der Waals surface area contributed by atoms with Crippen molar-refractivity contribution in [1.82, 2.24) is 19.7 Å². The number of thioether (sulfide) groups is 1. The smallest absolute Gasteiger partial charge is 0.238 e. The van der Waals surface area contributed by atoms with E-state index in [1.807, 2.05) is 13.0 Å². The molecule has 1 N–H and O–H groups in total. The van der Waals surface area contributed by atoms with Gasteiger partial charge in [0.15, 0.2) is 11.0 Å². The van der Waals surface area contributed by atoms with E-state index in [1.54, 1.807) is 6.07 Å². The monoisotopic (exact) mass is 439 g/mol. The quantitative estimate of drug-likeness (QED) is 0.465. The van der Waals surface area contributed by atoms with Crippen LogP contribution in [0.1, 0.15) is 50.8 Å². The number of amides is 1. The van der Waals surface area contributed by atoms with Gasteiger partial charge in [-0.3, -0.25) is 4.79 Å². The van der Waals surface area contributed by atoms with Crippen LogP contribution in [0.3, 0.4) is 0 Å². The van der Waals surface area contributed by atoms with Gasteiger partial charge in [0, 0.05) is 18.7 Å². The van der Waals surface area contributed by atoms with Gasteiger partial charge < -0.3 is 9.88 Å². The Labute approximate surface area is 179 Å². The molecule has 1 amide bonds. The molecule has 0 spiro atoms. The minimum absolute atomic E-state index is 0.214. The molecule has 150 valence electrons. The lowest BCUT2D eigenvalue weighted by molar-refractivity contribution is -0.115. The number of carbonyl (C=O) groups excluding carboxylic acids is 1. The number of anilines is 1. The first-order valence-electron chi connectivity index (χ1n) is 9.32. The Kier molecular flexibility index (Phi) is 7.37. The summed E-state index contributed by atoms with van der Waals surface area (Å²) in [6, 6.07) is 1.54. The van der Waals surface area contributed by atoms with Crippen LogP contribution in [0.15, 0.2) is 30.1 Å². The van der Waals surface area contributed by atoms with Gasteiger partial charge >= 0.3 is 0 Å². The maximum absolute atomic E-state index is 12.6. The third-order valence-electron chi connectivity index (χ3n) is 4.73. The van der Waals surface area contributed by atoms with Crippen molar-refractivity contribution >= 4 is 46.7 Å². The molecular formula is C19H23Cl2N5OS. The molecule has 1 fully saturated rings. The van der Waals surface area contributed by atoms with Crippen LogP contribution >= 0.6 is 35.0 Å². The van der Waals surface area contributed by atoms with Gasteiger partial charge in [0.1, 0.15) is 5.82 Å². The van der Waals surface area contributed by atoms with Gasteiger partial charge in [-0.15, -0.1) is 16.8 Å². The molecule has 2 aromatic heterocycles. The fourth-order valence-electron chi connectivity index (χ4n) is 3.29. The summed E-state index contributed by atoms with van der Waals surface area (Å²) in [5.74, 6) is 1.50. The van der Waals surface area contributed by atoms with E-state index in [9.17, 15) is 4.79 Å². The number of allylic oxidation sites excluding steroid dienone is 1. The summed E-state index contributed by atoms with van der Waals surface area (Å²) >= 11 is 13.3. The average Bonchev–Trinajstić information content (AvgIpc) is 3.07. The zero-order chi connectivity index (χ0) is 20.1. The van der Waals surface area contributed by atoms with Crippen molar-refractivity contribution in [2.75, 3.05) is 5.32 Å². The molecule has 1 aliphatic rings. The van der Waals surface area contributed by atoms with E-state index in [-0.39, 0.29) is 5.91 Å². The van der Waals surface area contributed by atoms with Crippen molar-refractivity contribution in [2.45, 2.75) is 61.9 Å². The predicted molar refractivity (Wildman–Crippen MR) is 114 cm³/mol. The molecule has 0 aliphatic heterocycles. The predicted octanol–water partition coefficient (Wildman–Crippen LogP) is 5.33. The van der Waals surface area contributed by atoms with Crippen molar-refractivity contribution in [3.63, 3.8) is 0 Å². The molecule has 28 heavy (non-hydrogen) atoms. The van der Waals surface area contributed by atoms with Crippen molar-refractivity contribution in [3.8, 4) is 0 Å². The van der Waals surface area contributed by atoms with Crippen molar-refractivity contribution in [2.24, 2.45) is 0 Å². The van der Waals surface area contributed by atoms with Gasteiger partial charge in [-0.05, 0) is 25.8 Å². The standard InChI is InChI=1S/C19H23Cl2N5OS/c1-3-9-26-17(13-7-5-4-6-8-13)24-25-19(26)28-12(2)18(27)23-16-15(21)10-14(20)11-22-16/h3,10-13H,1,4-9H2,2H3,(H,22,23,27). The van der Waals surface area contributed by atoms with Crippen LogP contribution < -0.4 is 5.32 Å². The topological polar surface area (TPSA) is 72.7 Å². The first-order valence-corrected chi connectivity index (χ1v) is 11.0. The molecule has 1 atom stereocenters. The van der Waals surface area contributed by atoms with Gasteiger partial charge in [0.2, 0.25) is 5.91 Å². The van der Waals surface area contributed by atoms with Gasteiger partial charge in [-0.2, -0.15) is 0 Å². The Morgan fingerprint density at radius 3 is 2.82 bits per heavy atom. The Balaban J connectivity index is 1.71. The van der Waals surface area contributed by atoms with E-state index in [2.05, 4.69) is 31.6 Å². The normalized spacial score (nSPS) is 16.0. The van der Waals surface area contributed by atoms with Crippen LogP contribution in [0.2, 0.25) is 10.0 Å². The number of carbonyl (C=O) groups is 1. The van der Waals surface area contributed by atoms with E-state index >= 15 is 0 Å². The number of hydrogen-bond donors (Lipinski definition) is 1. The van der Waals surface area contributed by atoms with Crippen LogP contribution in [0.5, 0.6) is 0 Å². The number of halogens is 2. The fraction of sp³-hybridized carbons (Fsp3) is 0.474. The number of pyridine rings is 1. The maximum Gasteiger partial charge on any atom is 0.238 e. The molecule has 9 heteroatoms. The van der Waals surface area contributed by atoms with Gasteiger partial charge in [0.05, 0.1) is 15.3 Å². The Morgan fingerprint density at radius 1 is 1.39 bits per heavy atom. The van der Waals surface area contributed by atoms with Gasteiger partial charge in [0.25, 0.3) is 0 Å². The summed E-state index contributed by atoms with van der Waals surface area (Å²) in [5.41, 5.74) is 0. The maximum atomic E-state index is 12.6. The van der Waals surface area contributed by atoms with E-state index < -0.39 is 5.25 Å². The number of aromatic nitrogens is 4. The first-order chi connectivity index (χ1) is 13.5. The highest BCUT2D eigenvalue weighted by atomic mass is 35.5. The summed E-state index contributed by atoms with van der Waals surface area (Å²) in [6.07, 6.45) is 9.28. The zero-order valence-corrected chi connectivity index (χ0v) is 18.0. The number of hydrogen-bond acceptors (Lipinski definition) is 5. The molecule has 2 heterocycles. The molecule has 3 rings (SSSR count). The summed E-state index contributed by atoms with van der Waals surface area (Å²) in [4.78, 5) is 16.7. The molecule has 0 aromatic carbocycles. The third kappa shape index (κ3) is 5.07. The molecule has 2 aromatic rings. The Morgan fingerprint density at radius 2 is 2.14 bits per heavy atom. The van der Waals surface area contributed by atoms with Gasteiger partial charge in [-0.25, -0.2) is 4.98 Å². The highest BCUT2D eigenvalue weighted by Gasteiger charge is 2.25. The number of nitrogens with one attached hydrogen (secondary N) is 1. The second-order valence-electron chi connectivity index (χ2n) is 6.81. The van der Waals surface area contributed by atoms with E-state index in [0.29, 0.717) is 28.3 Å². The first kappa shape index (κ1) is 21.1. The van der Waals surface area contributed by atoms with E-state index in [0.717, 1.165) is 23.8 Å². The largest absolute Gasteiger partial charge is 0.308 e. The molecule has 6 nitrogen and oxygen atoms in total. The van der Waals surface area contributed by atoms with Crippen LogP contribution in [-0.4, -0.2) is 30.9 Å². The second kappa shape index (κ2) is 9.76. The highest BCUT2D eigenvalue weighted by molar-refractivity contribution is 8.00. The lowest BCUT2D eigenvalue weighted by Gasteiger charge is -2.21. The van der Waals surface area contributed by atoms with E-state index in [1.165, 1.54) is 37.2 Å². The van der Waals surface area contributed by atoms with Crippen molar-refractivity contribution < 1.29 is 4.79 Å². The molecule has 0 bridgehead atoms. The summed E-state index contributed by atoms with van der Waals surface area (Å²) < 4.78 is 2.07. The molecule has 1 saturated carbocycles. The van der Waals surface area contributed by atoms with Crippen molar-refractivity contribution in [3.05, 3.63) is 40.8 Å². The number of rotatable bonds is 7. The minimum Gasteiger partial charge on any atom is -0.308 e. The van der Waals surface area contributed by atoms with Crippen molar-refractivity contribution in [1.29, 1.82) is 0 Å². The highest BCUT2D eigenvalue weighted by Crippen LogP contribution is 2.34. The van der Waals surface area contributed by atoms with Crippen LogP contribution in [0.25, 0.3) is 0 Å². The molecule has 1 unspecified atom stereocenters. The van der Waals surface area contributed by atoms with Gasteiger partial charge in [-0.1, -0.05) is 60.3 Å².